The number of rotatable bonds is 5. The molecule has 7 heteroatoms. The molecule has 1 fully saturated rings. The average molecular weight is 329 g/mol. The van der Waals surface area contributed by atoms with E-state index in [9.17, 15) is 22.8 Å². The van der Waals surface area contributed by atoms with Crippen molar-refractivity contribution in [3.63, 3.8) is 0 Å². The van der Waals surface area contributed by atoms with E-state index in [1.165, 1.54) is 11.0 Å². The van der Waals surface area contributed by atoms with E-state index in [4.69, 9.17) is 4.74 Å². The van der Waals surface area contributed by atoms with Crippen LogP contribution in [0.25, 0.3) is 0 Å². The van der Waals surface area contributed by atoms with Gasteiger partial charge in [-0.1, -0.05) is 18.2 Å². The van der Waals surface area contributed by atoms with Gasteiger partial charge in [-0.05, 0) is 24.0 Å². The molecule has 0 N–H and O–H groups in total. The minimum atomic E-state index is -4.40. The highest BCUT2D eigenvalue weighted by Gasteiger charge is 2.45. The number of alkyl halides is 3. The lowest BCUT2D eigenvalue weighted by Gasteiger charge is -2.10. The minimum Gasteiger partial charge on any atom is -0.465 e. The van der Waals surface area contributed by atoms with E-state index in [1.54, 1.807) is 20.2 Å². The Morgan fingerprint density at radius 3 is 2.61 bits per heavy atom. The fourth-order valence-corrected chi connectivity index (χ4v) is 2.34. The lowest BCUT2D eigenvalue weighted by atomic mass is 10.1. The van der Waals surface area contributed by atoms with Gasteiger partial charge in [-0.15, -0.1) is 0 Å². The summed E-state index contributed by atoms with van der Waals surface area (Å²) in [5.41, 5.74) is -0.225. The van der Waals surface area contributed by atoms with E-state index >= 15 is 0 Å². The molecule has 1 amide bonds. The first-order valence-corrected chi connectivity index (χ1v) is 7.24. The Hall–Kier alpha value is -2.05. The SMILES string of the molecule is CN(C)C(=O)CCOC(=O)[C@H]1C[C@@H]1c1cccc(C(F)(F)F)c1. The van der Waals surface area contributed by atoms with Crippen LogP contribution in [0.15, 0.2) is 24.3 Å². The van der Waals surface area contributed by atoms with E-state index in [1.807, 2.05) is 0 Å². The molecule has 23 heavy (non-hydrogen) atoms. The zero-order valence-electron chi connectivity index (χ0n) is 12.9. The Morgan fingerprint density at radius 2 is 2.00 bits per heavy atom. The second-order valence-corrected chi connectivity index (χ2v) is 5.78. The van der Waals surface area contributed by atoms with E-state index in [0.717, 1.165) is 12.1 Å². The van der Waals surface area contributed by atoms with Crippen LogP contribution in [0.5, 0.6) is 0 Å². The van der Waals surface area contributed by atoms with Gasteiger partial charge in [0.2, 0.25) is 5.91 Å². The Bertz CT molecular complexity index is 598. The molecular formula is C16H18F3NO3. The van der Waals surface area contributed by atoms with Crippen LogP contribution < -0.4 is 0 Å². The molecule has 1 aromatic carbocycles. The Labute approximate surface area is 132 Å². The number of carbonyl (C=O) groups excluding carboxylic acids is 2. The average Bonchev–Trinajstić information content (AvgIpc) is 3.26. The molecule has 0 radical (unpaired) electrons. The van der Waals surface area contributed by atoms with Crippen molar-refractivity contribution in [3.05, 3.63) is 35.4 Å². The normalized spacial score (nSPS) is 20.0. The van der Waals surface area contributed by atoms with Crippen LogP contribution in [0.4, 0.5) is 13.2 Å². The number of benzene rings is 1. The van der Waals surface area contributed by atoms with Crippen molar-refractivity contribution in [1.82, 2.24) is 4.90 Å². The van der Waals surface area contributed by atoms with Gasteiger partial charge in [0.25, 0.3) is 0 Å². The van der Waals surface area contributed by atoms with Gasteiger partial charge in [-0.2, -0.15) is 13.2 Å². The summed E-state index contributed by atoms with van der Waals surface area (Å²) in [6, 6.07) is 5.01. The molecule has 126 valence electrons. The van der Waals surface area contributed by atoms with Gasteiger partial charge in [-0.3, -0.25) is 9.59 Å². The van der Waals surface area contributed by atoms with Crippen LogP contribution in [0.2, 0.25) is 0 Å². The monoisotopic (exact) mass is 329 g/mol. The van der Waals surface area contributed by atoms with Crippen molar-refractivity contribution in [1.29, 1.82) is 0 Å². The van der Waals surface area contributed by atoms with Gasteiger partial charge < -0.3 is 9.64 Å². The number of hydrogen-bond donors (Lipinski definition) is 0. The zero-order valence-corrected chi connectivity index (χ0v) is 12.9. The Kier molecular flexibility index (Phi) is 4.97. The predicted molar refractivity (Wildman–Crippen MR) is 76.6 cm³/mol. The summed E-state index contributed by atoms with van der Waals surface area (Å²) in [5, 5.41) is 0. The van der Waals surface area contributed by atoms with Crippen LogP contribution in [0.3, 0.4) is 0 Å². The maximum Gasteiger partial charge on any atom is 0.416 e. The Balaban J connectivity index is 1.87. The van der Waals surface area contributed by atoms with Crippen molar-refractivity contribution in [2.75, 3.05) is 20.7 Å². The maximum atomic E-state index is 12.7. The van der Waals surface area contributed by atoms with E-state index in [-0.39, 0.29) is 24.9 Å². The van der Waals surface area contributed by atoms with Crippen LogP contribution in [-0.4, -0.2) is 37.5 Å². The maximum absolute atomic E-state index is 12.7. The summed E-state index contributed by atoms with van der Waals surface area (Å²) in [7, 11) is 3.21. The first-order valence-electron chi connectivity index (χ1n) is 7.24. The summed E-state index contributed by atoms with van der Waals surface area (Å²) >= 11 is 0. The Morgan fingerprint density at radius 1 is 1.30 bits per heavy atom. The molecule has 0 heterocycles. The lowest BCUT2D eigenvalue weighted by molar-refractivity contribution is -0.146. The topological polar surface area (TPSA) is 46.6 Å². The standard InChI is InChI=1S/C16H18F3NO3/c1-20(2)14(21)6-7-23-15(22)13-9-12(13)10-4-3-5-11(8-10)16(17,18)19/h3-5,8,12-13H,6-7,9H2,1-2H3/t12-,13+/m1/s1. The van der Waals surface area contributed by atoms with Gasteiger partial charge in [0, 0.05) is 14.1 Å². The number of nitrogens with zero attached hydrogens (tertiary/aromatic N) is 1. The minimum absolute atomic E-state index is 0.0122. The van der Waals surface area contributed by atoms with Gasteiger partial charge in [-0.25, -0.2) is 0 Å². The van der Waals surface area contributed by atoms with Crippen LogP contribution in [0.1, 0.15) is 29.9 Å². The fraction of sp³-hybridized carbons (Fsp3) is 0.500. The van der Waals surface area contributed by atoms with Crippen molar-refractivity contribution < 1.29 is 27.5 Å². The second-order valence-electron chi connectivity index (χ2n) is 5.78. The van der Waals surface area contributed by atoms with Gasteiger partial charge >= 0.3 is 12.1 Å². The number of esters is 1. The molecule has 0 bridgehead atoms. The molecule has 1 saturated carbocycles. The quantitative estimate of drug-likeness (QED) is 0.781. The van der Waals surface area contributed by atoms with E-state index in [0.29, 0.717) is 12.0 Å². The molecule has 0 saturated heterocycles. The molecular weight excluding hydrogens is 311 g/mol. The molecule has 4 nitrogen and oxygen atoms in total. The van der Waals surface area contributed by atoms with Crippen molar-refractivity contribution in [3.8, 4) is 0 Å². The second kappa shape index (κ2) is 6.60. The van der Waals surface area contributed by atoms with Gasteiger partial charge in [0.1, 0.15) is 6.61 Å². The van der Waals surface area contributed by atoms with Gasteiger partial charge in [0.05, 0.1) is 17.9 Å². The number of hydrogen-bond acceptors (Lipinski definition) is 3. The predicted octanol–water partition coefficient (Wildman–Crippen LogP) is 2.83. The van der Waals surface area contributed by atoms with Gasteiger partial charge in [0.15, 0.2) is 0 Å². The highest BCUT2D eigenvalue weighted by Crippen LogP contribution is 2.49. The molecule has 0 spiro atoms. The van der Waals surface area contributed by atoms with Crippen LogP contribution in [-0.2, 0) is 20.5 Å². The third-order valence-electron chi connectivity index (χ3n) is 3.79. The first kappa shape index (κ1) is 17.3. The molecule has 0 aliphatic heterocycles. The summed E-state index contributed by atoms with van der Waals surface area (Å²) in [6.07, 6.45) is -3.82. The van der Waals surface area contributed by atoms with E-state index < -0.39 is 23.6 Å². The third-order valence-corrected chi connectivity index (χ3v) is 3.79. The number of carbonyl (C=O) groups is 2. The highest BCUT2D eigenvalue weighted by atomic mass is 19.4. The van der Waals surface area contributed by atoms with Crippen molar-refractivity contribution >= 4 is 11.9 Å². The molecule has 2 atom stereocenters. The summed E-state index contributed by atoms with van der Waals surface area (Å²) < 4.78 is 43.1. The smallest absolute Gasteiger partial charge is 0.416 e. The van der Waals surface area contributed by atoms with Crippen LogP contribution in [0, 0.1) is 5.92 Å². The highest BCUT2D eigenvalue weighted by molar-refractivity contribution is 5.79. The molecule has 2 rings (SSSR count). The largest absolute Gasteiger partial charge is 0.465 e. The molecule has 1 aliphatic carbocycles. The first-order chi connectivity index (χ1) is 10.7. The molecule has 1 aliphatic rings. The third kappa shape index (κ3) is 4.46. The van der Waals surface area contributed by atoms with Crippen LogP contribution >= 0.6 is 0 Å². The molecule has 0 unspecified atom stereocenters. The zero-order chi connectivity index (χ0) is 17.2. The number of amides is 1. The van der Waals surface area contributed by atoms with E-state index in [2.05, 4.69) is 0 Å². The molecule has 0 aromatic heterocycles. The summed E-state index contributed by atoms with van der Waals surface area (Å²) in [5.74, 6) is -1.27. The van der Waals surface area contributed by atoms with Crippen molar-refractivity contribution in [2.45, 2.75) is 24.9 Å². The number of halogens is 3. The number of ether oxygens (including phenoxy) is 1. The lowest BCUT2D eigenvalue weighted by Crippen LogP contribution is -2.23. The summed E-state index contributed by atoms with van der Waals surface area (Å²) in [6.45, 7) is -0.0122. The summed E-state index contributed by atoms with van der Waals surface area (Å²) in [4.78, 5) is 24.6. The molecule has 1 aromatic rings. The fourth-order valence-electron chi connectivity index (χ4n) is 2.34. The van der Waals surface area contributed by atoms with Crippen molar-refractivity contribution in [2.24, 2.45) is 5.92 Å².